The average Bonchev–Trinajstić information content (AvgIpc) is 3.29. The van der Waals surface area contributed by atoms with Crippen molar-refractivity contribution in [3.8, 4) is 23.0 Å². The minimum absolute atomic E-state index is 0.0356. The van der Waals surface area contributed by atoms with Crippen LogP contribution in [0, 0.1) is 5.92 Å². The van der Waals surface area contributed by atoms with Crippen molar-refractivity contribution < 1.29 is 28.5 Å². The smallest absolute Gasteiger partial charge is 0.228 e. The number of carbonyl (C=O) groups is 2. The predicted molar refractivity (Wildman–Crippen MR) is 131 cm³/mol. The second-order valence-corrected chi connectivity index (χ2v) is 8.73. The van der Waals surface area contributed by atoms with Crippen LogP contribution in [0.5, 0.6) is 23.0 Å². The summed E-state index contributed by atoms with van der Waals surface area (Å²) >= 11 is 0. The molecule has 2 amide bonds. The van der Waals surface area contributed by atoms with Gasteiger partial charge in [0, 0.05) is 51.8 Å². The lowest BCUT2D eigenvalue weighted by atomic mass is 10.1. The molecular weight excluding hydrogens is 450 g/mol. The van der Waals surface area contributed by atoms with Gasteiger partial charge in [0.25, 0.3) is 0 Å². The van der Waals surface area contributed by atoms with Crippen molar-refractivity contribution in [3.63, 3.8) is 0 Å². The highest BCUT2D eigenvalue weighted by molar-refractivity contribution is 6.01. The fourth-order valence-electron chi connectivity index (χ4n) is 4.74. The first kappa shape index (κ1) is 24.7. The van der Waals surface area contributed by atoms with Gasteiger partial charge in [0.2, 0.25) is 11.8 Å². The van der Waals surface area contributed by atoms with E-state index in [0.717, 1.165) is 25.2 Å². The van der Waals surface area contributed by atoms with Gasteiger partial charge in [0.1, 0.15) is 11.5 Å². The number of hydrogen-bond acceptors (Lipinski definition) is 7. The number of methoxy groups -OCH3 is 4. The van der Waals surface area contributed by atoms with Crippen molar-refractivity contribution in [1.29, 1.82) is 0 Å². The average molecular weight is 484 g/mol. The number of benzene rings is 2. The van der Waals surface area contributed by atoms with E-state index in [0.29, 0.717) is 48.3 Å². The fraction of sp³-hybridized carbons (Fsp3) is 0.462. The summed E-state index contributed by atoms with van der Waals surface area (Å²) < 4.78 is 21.5. The molecule has 2 fully saturated rings. The van der Waals surface area contributed by atoms with Crippen molar-refractivity contribution in [2.24, 2.45) is 5.92 Å². The minimum atomic E-state index is -0.365. The van der Waals surface area contributed by atoms with E-state index < -0.39 is 0 Å². The van der Waals surface area contributed by atoms with Gasteiger partial charge in [-0.2, -0.15) is 0 Å². The van der Waals surface area contributed by atoms with Gasteiger partial charge >= 0.3 is 0 Å². The molecule has 9 heteroatoms. The Morgan fingerprint density at radius 1 is 0.857 bits per heavy atom. The number of rotatable bonds is 8. The van der Waals surface area contributed by atoms with E-state index in [1.165, 1.54) is 0 Å². The van der Waals surface area contributed by atoms with E-state index in [9.17, 15) is 9.59 Å². The van der Waals surface area contributed by atoms with E-state index in [1.807, 2.05) is 23.1 Å². The first-order chi connectivity index (χ1) is 17.0. The summed E-state index contributed by atoms with van der Waals surface area (Å²) in [6.45, 7) is 3.93. The first-order valence-electron chi connectivity index (χ1n) is 11.7. The molecule has 2 aliphatic rings. The molecule has 0 N–H and O–H groups in total. The molecule has 2 aromatic rings. The molecular formula is C26H33N3O6. The van der Waals surface area contributed by atoms with E-state index in [1.54, 1.807) is 51.5 Å². The lowest BCUT2D eigenvalue weighted by Crippen LogP contribution is -2.50. The second-order valence-electron chi connectivity index (χ2n) is 8.73. The van der Waals surface area contributed by atoms with Gasteiger partial charge in [-0.15, -0.1) is 0 Å². The van der Waals surface area contributed by atoms with Crippen LogP contribution in [0.25, 0.3) is 0 Å². The molecule has 35 heavy (non-hydrogen) atoms. The van der Waals surface area contributed by atoms with Crippen LogP contribution in [0.15, 0.2) is 36.4 Å². The van der Waals surface area contributed by atoms with Crippen molar-refractivity contribution in [3.05, 3.63) is 42.0 Å². The van der Waals surface area contributed by atoms with Crippen LogP contribution in [0.3, 0.4) is 0 Å². The third-order valence-corrected chi connectivity index (χ3v) is 6.69. The lowest BCUT2D eigenvalue weighted by molar-refractivity contribution is -0.137. The Morgan fingerprint density at radius 3 is 2.20 bits per heavy atom. The Hall–Kier alpha value is -3.46. The van der Waals surface area contributed by atoms with Crippen LogP contribution >= 0.6 is 0 Å². The summed E-state index contributed by atoms with van der Waals surface area (Å²) in [5.74, 6) is 2.22. The summed E-state index contributed by atoms with van der Waals surface area (Å²) in [4.78, 5) is 31.9. The Morgan fingerprint density at radius 2 is 1.54 bits per heavy atom. The molecule has 188 valence electrons. The van der Waals surface area contributed by atoms with Crippen molar-refractivity contribution >= 4 is 17.5 Å². The second kappa shape index (κ2) is 10.9. The van der Waals surface area contributed by atoms with Crippen LogP contribution < -0.4 is 23.8 Å². The molecule has 2 heterocycles. The molecule has 1 atom stereocenters. The number of anilines is 1. The molecule has 4 rings (SSSR count). The summed E-state index contributed by atoms with van der Waals surface area (Å²) in [6, 6.07) is 11.3. The number of piperazine rings is 1. The van der Waals surface area contributed by atoms with Crippen LogP contribution in [0.2, 0.25) is 0 Å². The third-order valence-electron chi connectivity index (χ3n) is 6.69. The minimum Gasteiger partial charge on any atom is -0.497 e. The zero-order valence-corrected chi connectivity index (χ0v) is 20.8. The number of nitrogens with zero attached hydrogens (tertiary/aromatic N) is 3. The van der Waals surface area contributed by atoms with Gasteiger partial charge in [-0.1, -0.05) is 6.07 Å². The number of carbonyl (C=O) groups excluding carboxylic acids is 2. The Bertz CT molecular complexity index is 1070. The number of amides is 2. The van der Waals surface area contributed by atoms with Gasteiger partial charge in [-0.3, -0.25) is 14.5 Å². The molecule has 0 bridgehead atoms. The maximum Gasteiger partial charge on any atom is 0.228 e. The van der Waals surface area contributed by atoms with Gasteiger partial charge in [-0.25, -0.2) is 0 Å². The fourth-order valence-corrected chi connectivity index (χ4v) is 4.74. The molecule has 0 radical (unpaired) electrons. The van der Waals surface area contributed by atoms with Crippen LogP contribution in [-0.2, 0) is 16.1 Å². The molecule has 1 unspecified atom stereocenters. The topological polar surface area (TPSA) is 80.8 Å². The SMILES string of the molecule is COc1ccc(OC)c(N2CC(C(=O)N3CCN(Cc4ccc(OC)c(OC)c4)CC3)CC2=O)c1. The molecule has 0 spiro atoms. The predicted octanol–water partition coefficient (Wildman–Crippen LogP) is 2.42. The zero-order chi connectivity index (χ0) is 24.9. The summed E-state index contributed by atoms with van der Waals surface area (Å²) in [6.07, 6.45) is 0.199. The van der Waals surface area contributed by atoms with E-state index in [2.05, 4.69) is 4.90 Å². The van der Waals surface area contributed by atoms with Crippen molar-refractivity contribution in [2.75, 3.05) is 66.1 Å². The Balaban J connectivity index is 1.35. The quantitative estimate of drug-likeness (QED) is 0.571. The van der Waals surface area contributed by atoms with Crippen LogP contribution in [0.1, 0.15) is 12.0 Å². The number of ether oxygens (including phenoxy) is 4. The maximum absolute atomic E-state index is 13.3. The first-order valence-corrected chi connectivity index (χ1v) is 11.7. The highest BCUT2D eigenvalue weighted by Crippen LogP contribution is 2.36. The molecule has 9 nitrogen and oxygen atoms in total. The zero-order valence-electron chi connectivity index (χ0n) is 20.8. The number of hydrogen-bond donors (Lipinski definition) is 0. The normalized spacial score (nSPS) is 18.5. The highest BCUT2D eigenvalue weighted by Gasteiger charge is 2.39. The van der Waals surface area contributed by atoms with Gasteiger partial charge in [0.05, 0.1) is 40.0 Å². The maximum atomic E-state index is 13.3. The highest BCUT2D eigenvalue weighted by atomic mass is 16.5. The van der Waals surface area contributed by atoms with Gasteiger partial charge in [-0.05, 0) is 29.8 Å². The van der Waals surface area contributed by atoms with E-state index in [-0.39, 0.29) is 24.2 Å². The van der Waals surface area contributed by atoms with Crippen LogP contribution in [0.4, 0.5) is 5.69 Å². The van der Waals surface area contributed by atoms with Crippen LogP contribution in [-0.4, -0.2) is 82.8 Å². The van der Waals surface area contributed by atoms with Crippen molar-refractivity contribution in [2.45, 2.75) is 13.0 Å². The van der Waals surface area contributed by atoms with Crippen molar-refractivity contribution in [1.82, 2.24) is 9.80 Å². The van der Waals surface area contributed by atoms with Gasteiger partial charge < -0.3 is 28.7 Å². The van der Waals surface area contributed by atoms with Gasteiger partial charge in [0.15, 0.2) is 11.5 Å². The third kappa shape index (κ3) is 5.30. The monoisotopic (exact) mass is 483 g/mol. The largest absolute Gasteiger partial charge is 0.497 e. The van der Waals surface area contributed by atoms with E-state index in [4.69, 9.17) is 18.9 Å². The van der Waals surface area contributed by atoms with E-state index >= 15 is 0 Å². The Labute approximate surface area is 206 Å². The molecule has 0 aromatic heterocycles. The molecule has 2 aliphatic heterocycles. The molecule has 0 aliphatic carbocycles. The molecule has 0 saturated carbocycles. The standard InChI is InChI=1S/C26H33N3O6/c1-32-20-6-8-22(33-2)21(15-20)29-17-19(14-25(29)30)26(31)28-11-9-27(10-12-28)16-18-5-7-23(34-3)24(13-18)35-4/h5-8,13,15,19H,9-12,14,16-17H2,1-4H3. The molecule has 2 aromatic carbocycles. The molecule has 2 saturated heterocycles. The summed E-state index contributed by atoms with van der Waals surface area (Å²) in [5, 5.41) is 0. The summed E-state index contributed by atoms with van der Waals surface area (Å²) in [7, 11) is 6.40. The summed E-state index contributed by atoms with van der Waals surface area (Å²) in [5.41, 5.74) is 1.76. The lowest BCUT2D eigenvalue weighted by Gasteiger charge is -2.36. The Kier molecular flexibility index (Phi) is 7.65.